The van der Waals surface area contributed by atoms with Crippen LogP contribution in [0.3, 0.4) is 0 Å². The van der Waals surface area contributed by atoms with Crippen molar-refractivity contribution >= 4 is 38.8 Å². The molecule has 0 amide bonds. The molecule has 1 nitrogen and oxygen atoms in total. The van der Waals surface area contributed by atoms with Crippen LogP contribution in [-0.4, -0.2) is 41.6 Å². The monoisotopic (exact) mass is 384 g/mol. The first-order chi connectivity index (χ1) is 9.38. The summed E-state index contributed by atoms with van der Waals surface area (Å²) in [6.45, 7) is 0.241. The molecule has 0 bridgehead atoms. The summed E-state index contributed by atoms with van der Waals surface area (Å²) in [5.41, 5.74) is 0. The van der Waals surface area contributed by atoms with E-state index in [1.54, 1.807) is 0 Å². The first-order valence-electron chi connectivity index (χ1n) is 6.13. The molecule has 0 saturated carbocycles. The molecule has 2 rings (SSSR count). The molecule has 0 unspecified atom stereocenters. The summed E-state index contributed by atoms with van der Waals surface area (Å²) >= 11 is 0.697. The van der Waals surface area contributed by atoms with Crippen LogP contribution in [0.2, 0.25) is 0 Å². The molecule has 0 aromatic heterocycles. The van der Waals surface area contributed by atoms with Crippen molar-refractivity contribution in [2.75, 3.05) is 6.61 Å². The van der Waals surface area contributed by atoms with Crippen molar-refractivity contribution < 1.29 is 5.11 Å². The molecule has 0 radical (unpaired) electrons. The van der Waals surface area contributed by atoms with Crippen molar-refractivity contribution in [2.24, 2.45) is 0 Å². The van der Waals surface area contributed by atoms with Crippen LogP contribution in [0.5, 0.6) is 0 Å². The van der Waals surface area contributed by atoms with Crippen LogP contribution in [0.4, 0.5) is 0 Å². The minimum absolute atomic E-state index is 0.241. The van der Waals surface area contributed by atoms with Crippen molar-refractivity contribution in [3.8, 4) is 0 Å². The summed E-state index contributed by atoms with van der Waals surface area (Å²) in [5.74, 6) is 0. The summed E-state index contributed by atoms with van der Waals surface area (Å²) in [6, 6.07) is 21.1. The fourth-order valence-electron chi connectivity index (χ4n) is 1.52. The SMILES string of the molecule is OCC/C(=C/[Se]c1ccccc1)[Se]c1ccccc1. The van der Waals surface area contributed by atoms with Gasteiger partial charge in [-0.25, -0.2) is 0 Å². The Bertz CT molecular complexity index is 509. The van der Waals surface area contributed by atoms with Gasteiger partial charge in [0.1, 0.15) is 0 Å². The van der Waals surface area contributed by atoms with Crippen molar-refractivity contribution in [3.05, 3.63) is 70.1 Å². The Labute approximate surface area is 127 Å². The van der Waals surface area contributed by atoms with Crippen molar-refractivity contribution in [3.63, 3.8) is 0 Å². The molecule has 2 aromatic carbocycles. The van der Waals surface area contributed by atoms with E-state index in [0.717, 1.165) is 6.42 Å². The molecule has 3 heteroatoms. The van der Waals surface area contributed by atoms with Crippen molar-refractivity contribution in [1.29, 1.82) is 0 Å². The number of rotatable bonds is 6. The molecule has 0 atom stereocenters. The third-order valence-corrected chi connectivity index (χ3v) is 7.45. The van der Waals surface area contributed by atoms with Gasteiger partial charge in [-0.05, 0) is 0 Å². The van der Waals surface area contributed by atoms with Gasteiger partial charge in [-0.3, -0.25) is 0 Å². The van der Waals surface area contributed by atoms with Crippen LogP contribution in [-0.2, 0) is 0 Å². The number of benzene rings is 2. The van der Waals surface area contributed by atoms with E-state index in [9.17, 15) is 5.11 Å². The van der Waals surface area contributed by atoms with Crippen LogP contribution < -0.4 is 8.92 Å². The quantitative estimate of drug-likeness (QED) is 0.747. The van der Waals surface area contributed by atoms with E-state index in [1.807, 2.05) is 12.1 Å². The summed E-state index contributed by atoms with van der Waals surface area (Å²) in [4.78, 5) is 2.34. The molecule has 0 aliphatic rings. The fourth-order valence-corrected chi connectivity index (χ4v) is 5.79. The molecule has 0 aliphatic carbocycles. The van der Waals surface area contributed by atoms with E-state index < -0.39 is 0 Å². The standard InChI is InChI=1S/C16H16OSe2/c17-12-11-16(19-15-9-5-2-6-10-15)13-18-14-7-3-1-4-8-14/h1-10,13,17H,11-12H2/b16-13-. The maximum absolute atomic E-state index is 9.19. The molecule has 0 heterocycles. The van der Waals surface area contributed by atoms with Gasteiger partial charge in [0.25, 0.3) is 0 Å². The fraction of sp³-hybridized carbons (Fsp3) is 0.125. The number of aliphatic hydroxyl groups is 1. The van der Waals surface area contributed by atoms with Gasteiger partial charge in [-0.15, -0.1) is 0 Å². The molecule has 0 fully saturated rings. The van der Waals surface area contributed by atoms with Gasteiger partial charge in [0.05, 0.1) is 0 Å². The normalized spacial score (nSPS) is 11.5. The molecule has 0 aliphatic heterocycles. The van der Waals surface area contributed by atoms with Crippen LogP contribution in [0, 0.1) is 0 Å². The molecule has 0 saturated heterocycles. The van der Waals surface area contributed by atoms with Gasteiger partial charge < -0.3 is 0 Å². The van der Waals surface area contributed by atoms with Gasteiger partial charge in [0.2, 0.25) is 0 Å². The molecular formula is C16H16OSe2. The van der Waals surface area contributed by atoms with Crippen LogP contribution in [0.15, 0.2) is 70.1 Å². The Balaban J connectivity index is 2.03. The zero-order valence-electron chi connectivity index (χ0n) is 10.5. The summed E-state index contributed by atoms with van der Waals surface area (Å²) in [7, 11) is 0. The second-order valence-electron chi connectivity index (χ2n) is 3.90. The van der Waals surface area contributed by atoms with Gasteiger partial charge >= 0.3 is 127 Å². The van der Waals surface area contributed by atoms with Gasteiger partial charge in [0, 0.05) is 0 Å². The molecule has 98 valence electrons. The third kappa shape index (κ3) is 5.36. The average molecular weight is 382 g/mol. The first-order valence-corrected chi connectivity index (χ1v) is 9.69. The Morgan fingerprint density at radius 3 is 2.05 bits per heavy atom. The van der Waals surface area contributed by atoms with E-state index in [4.69, 9.17) is 0 Å². The van der Waals surface area contributed by atoms with Crippen LogP contribution in [0.1, 0.15) is 6.42 Å². The summed E-state index contributed by atoms with van der Waals surface area (Å²) < 4.78 is 4.15. The second-order valence-corrected chi connectivity index (χ2v) is 8.40. The summed E-state index contributed by atoms with van der Waals surface area (Å²) in [6.07, 6.45) is 0.795. The summed E-state index contributed by atoms with van der Waals surface area (Å²) in [5, 5.41) is 9.19. The maximum atomic E-state index is 9.19. The zero-order valence-corrected chi connectivity index (χ0v) is 14.0. The molecule has 19 heavy (non-hydrogen) atoms. The molecule has 0 spiro atoms. The van der Waals surface area contributed by atoms with Crippen LogP contribution >= 0.6 is 0 Å². The zero-order chi connectivity index (χ0) is 13.3. The van der Waals surface area contributed by atoms with E-state index >= 15 is 0 Å². The topological polar surface area (TPSA) is 20.2 Å². The Morgan fingerprint density at radius 1 is 0.895 bits per heavy atom. The predicted octanol–water partition coefficient (Wildman–Crippen LogP) is 1.27. The number of hydrogen-bond acceptors (Lipinski definition) is 1. The molecule has 2 aromatic rings. The van der Waals surface area contributed by atoms with Gasteiger partial charge in [0.15, 0.2) is 0 Å². The van der Waals surface area contributed by atoms with Crippen molar-refractivity contribution in [1.82, 2.24) is 0 Å². The van der Waals surface area contributed by atoms with E-state index in [2.05, 4.69) is 53.5 Å². The van der Waals surface area contributed by atoms with Crippen molar-refractivity contribution in [2.45, 2.75) is 6.42 Å². The second kappa shape index (κ2) is 8.37. The van der Waals surface area contributed by atoms with E-state index in [1.165, 1.54) is 13.4 Å². The third-order valence-electron chi connectivity index (χ3n) is 2.42. The molecular weight excluding hydrogens is 366 g/mol. The van der Waals surface area contributed by atoms with Gasteiger partial charge in [-0.2, -0.15) is 0 Å². The predicted molar refractivity (Wildman–Crippen MR) is 83.4 cm³/mol. The number of hydrogen-bond donors (Lipinski definition) is 1. The van der Waals surface area contributed by atoms with E-state index in [0.29, 0.717) is 29.9 Å². The Hall–Kier alpha value is -0.821. The van der Waals surface area contributed by atoms with E-state index in [-0.39, 0.29) is 6.61 Å². The first kappa shape index (κ1) is 14.6. The molecule has 1 N–H and O–H groups in total. The Kier molecular flexibility index (Phi) is 6.42. The van der Waals surface area contributed by atoms with Crippen LogP contribution in [0.25, 0.3) is 0 Å². The Morgan fingerprint density at radius 2 is 1.47 bits per heavy atom. The average Bonchev–Trinajstić information content (AvgIpc) is 2.47. The van der Waals surface area contributed by atoms with Gasteiger partial charge in [-0.1, -0.05) is 0 Å². The number of aliphatic hydroxyl groups excluding tert-OH is 1. The minimum atomic E-state index is 0.241.